The summed E-state index contributed by atoms with van der Waals surface area (Å²) in [6.07, 6.45) is 2.83. The van der Waals surface area contributed by atoms with Crippen molar-refractivity contribution in [3.05, 3.63) is 65.9 Å². The minimum Gasteiger partial charge on any atom is -0.493 e. The highest BCUT2D eigenvalue weighted by atomic mass is 16.5. The quantitative estimate of drug-likeness (QED) is 0.755. The van der Waals surface area contributed by atoms with Gasteiger partial charge in [-0.1, -0.05) is 29.8 Å². The van der Waals surface area contributed by atoms with Crippen molar-refractivity contribution in [3.8, 4) is 5.75 Å². The summed E-state index contributed by atoms with van der Waals surface area (Å²) in [6.45, 7) is 2.86. The molecule has 0 radical (unpaired) electrons. The van der Waals surface area contributed by atoms with Crippen LogP contribution in [0.5, 0.6) is 5.75 Å². The molecule has 0 aliphatic carbocycles. The van der Waals surface area contributed by atoms with Crippen molar-refractivity contribution in [1.82, 2.24) is 4.98 Å². The van der Waals surface area contributed by atoms with E-state index in [9.17, 15) is 0 Å². The highest BCUT2D eigenvalue weighted by Gasteiger charge is 2.21. The lowest BCUT2D eigenvalue weighted by Crippen LogP contribution is -2.20. The summed E-state index contributed by atoms with van der Waals surface area (Å²) < 4.78 is 5.75. The molecule has 1 aliphatic heterocycles. The fraction of sp³-hybridized carbons (Fsp3) is 0.211. The second-order valence-corrected chi connectivity index (χ2v) is 5.75. The molecule has 1 aromatic heterocycles. The zero-order chi connectivity index (χ0) is 14.9. The number of hydrogen-bond acceptors (Lipinski definition) is 3. The first kappa shape index (κ1) is 13.1. The Morgan fingerprint density at radius 1 is 1.14 bits per heavy atom. The average Bonchev–Trinajstić information content (AvgIpc) is 2.56. The molecule has 0 saturated heterocycles. The van der Waals surface area contributed by atoms with Gasteiger partial charge in [0.2, 0.25) is 0 Å². The third-order valence-electron chi connectivity index (χ3n) is 4.19. The number of nitrogens with one attached hydrogen (secondary N) is 1. The van der Waals surface area contributed by atoms with Crippen LogP contribution in [0.2, 0.25) is 0 Å². The molecule has 0 fully saturated rings. The second-order valence-electron chi connectivity index (χ2n) is 5.75. The molecular weight excluding hydrogens is 272 g/mol. The maximum Gasteiger partial charge on any atom is 0.124 e. The third kappa shape index (κ3) is 2.29. The molecule has 110 valence electrons. The first-order valence-electron chi connectivity index (χ1n) is 7.65. The summed E-state index contributed by atoms with van der Waals surface area (Å²) in [6, 6.07) is 17.0. The molecule has 0 spiro atoms. The van der Waals surface area contributed by atoms with Crippen LogP contribution in [0.4, 0.5) is 5.69 Å². The summed E-state index contributed by atoms with van der Waals surface area (Å²) in [5.74, 6) is 0.987. The summed E-state index contributed by atoms with van der Waals surface area (Å²) in [5.41, 5.74) is 4.63. The average molecular weight is 290 g/mol. The summed E-state index contributed by atoms with van der Waals surface area (Å²) in [4.78, 5) is 4.46. The minimum atomic E-state index is 0.274. The molecule has 22 heavy (non-hydrogen) atoms. The zero-order valence-electron chi connectivity index (χ0n) is 12.5. The summed E-state index contributed by atoms with van der Waals surface area (Å²) in [7, 11) is 0. The van der Waals surface area contributed by atoms with Crippen molar-refractivity contribution in [2.45, 2.75) is 19.4 Å². The van der Waals surface area contributed by atoms with E-state index in [1.165, 1.54) is 16.5 Å². The van der Waals surface area contributed by atoms with Gasteiger partial charge in [-0.05, 0) is 31.2 Å². The lowest BCUT2D eigenvalue weighted by molar-refractivity contribution is 0.274. The van der Waals surface area contributed by atoms with E-state index in [4.69, 9.17) is 4.74 Å². The van der Waals surface area contributed by atoms with Crippen LogP contribution in [0.25, 0.3) is 10.9 Å². The van der Waals surface area contributed by atoms with Gasteiger partial charge in [0, 0.05) is 29.3 Å². The highest BCUT2D eigenvalue weighted by Crippen LogP contribution is 2.35. The normalized spacial score (nSPS) is 16.9. The summed E-state index contributed by atoms with van der Waals surface area (Å²) in [5, 5.41) is 4.86. The molecule has 3 heteroatoms. The van der Waals surface area contributed by atoms with Crippen molar-refractivity contribution in [2.24, 2.45) is 0 Å². The van der Waals surface area contributed by atoms with E-state index in [-0.39, 0.29) is 6.04 Å². The molecule has 4 rings (SSSR count). The molecule has 3 aromatic rings. The summed E-state index contributed by atoms with van der Waals surface area (Å²) >= 11 is 0. The monoisotopic (exact) mass is 290 g/mol. The first-order valence-corrected chi connectivity index (χ1v) is 7.65. The predicted octanol–water partition coefficient (Wildman–Crippen LogP) is 4.48. The van der Waals surface area contributed by atoms with Gasteiger partial charge >= 0.3 is 0 Å². The van der Waals surface area contributed by atoms with Gasteiger partial charge in [0.25, 0.3) is 0 Å². The van der Waals surface area contributed by atoms with Crippen molar-refractivity contribution in [1.29, 1.82) is 0 Å². The van der Waals surface area contributed by atoms with Gasteiger partial charge in [0.15, 0.2) is 0 Å². The highest BCUT2D eigenvalue weighted by molar-refractivity contribution is 5.91. The van der Waals surface area contributed by atoms with Gasteiger partial charge in [-0.15, -0.1) is 0 Å². The molecule has 2 heterocycles. The largest absolute Gasteiger partial charge is 0.493 e. The minimum absolute atomic E-state index is 0.274. The van der Waals surface area contributed by atoms with Crippen molar-refractivity contribution in [2.75, 3.05) is 11.9 Å². The molecule has 0 bridgehead atoms. The number of fused-ring (bicyclic) bond motifs is 2. The lowest BCUT2D eigenvalue weighted by Gasteiger charge is -2.27. The van der Waals surface area contributed by atoms with Crippen molar-refractivity contribution < 1.29 is 4.74 Å². The zero-order valence-corrected chi connectivity index (χ0v) is 12.5. The van der Waals surface area contributed by atoms with Crippen LogP contribution >= 0.6 is 0 Å². The topological polar surface area (TPSA) is 34.2 Å². The van der Waals surface area contributed by atoms with E-state index in [1.807, 2.05) is 18.3 Å². The van der Waals surface area contributed by atoms with Crippen LogP contribution in [0.1, 0.15) is 23.6 Å². The molecule has 1 atom stereocenters. The van der Waals surface area contributed by atoms with Gasteiger partial charge in [-0.3, -0.25) is 4.98 Å². The molecule has 1 unspecified atom stereocenters. The Hall–Kier alpha value is -2.55. The fourth-order valence-corrected chi connectivity index (χ4v) is 3.07. The Bertz CT molecular complexity index is 829. The van der Waals surface area contributed by atoms with Gasteiger partial charge in [-0.2, -0.15) is 0 Å². The Morgan fingerprint density at radius 2 is 2.05 bits per heavy atom. The number of pyridine rings is 1. The van der Waals surface area contributed by atoms with E-state index in [2.05, 4.69) is 53.6 Å². The maximum atomic E-state index is 5.75. The lowest BCUT2D eigenvalue weighted by atomic mass is 10.00. The van der Waals surface area contributed by atoms with Gasteiger partial charge in [0.05, 0.1) is 18.2 Å². The number of ether oxygens (including phenoxy) is 1. The van der Waals surface area contributed by atoms with Gasteiger partial charge in [-0.25, -0.2) is 0 Å². The number of hydrogen-bond donors (Lipinski definition) is 1. The SMILES string of the molecule is Cc1ccc2nccc(NC3CCOc4ccccc43)c2c1. The second kappa shape index (κ2) is 5.34. The van der Waals surface area contributed by atoms with Crippen LogP contribution in [0.15, 0.2) is 54.7 Å². The van der Waals surface area contributed by atoms with E-state index in [1.54, 1.807) is 0 Å². The van der Waals surface area contributed by atoms with Crippen molar-refractivity contribution in [3.63, 3.8) is 0 Å². The van der Waals surface area contributed by atoms with E-state index >= 15 is 0 Å². The molecule has 3 nitrogen and oxygen atoms in total. The molecule has 2 aromatic carbocycles. The molecule has 1 N–H and O–H groups in total. The number of aryl methyl sites for hydroxylation is 1. The number of nitrogens with zero attached hydrogens (tertiary/aromatic N) is 1. The Labute approximate surface area is 130 Å². The van der Waals surface area contributed by atoms with Crippen LogP contribution in [0.3, 0.4) is 0 Å². The van der Waals surface area contributed by atoms with E-state index in [0.717, 1.165) is 30.0 Å². The third-order valence-corrected chi connectivity index (χ3v) is 4.19. The smallest absolute Gasteiger partial charge is 0.124 e. The van der Waals surface area contributed by atoms with Crippen LogP contribution in [-0.2, 0) is 0 Å². The molecule has 0 amide bonds. The number of benzene rings is 2. The van der Waals surface area contributed by atoms with Crippen LogP contribution < -0.4 is 10.1 Å². The molecular formula is C19H18N2O. The number of aromatic nitrogens is 1. The predicted molar refractivity (Wildman–Crippen MR) is 89.4 cm³/mol. The number of anilines is 1. The van der Waals surface area contributed by atoms with Gasteiger partial charge < -0.3 is 10.1 Å². The fourth-order valence-electron chi connectivity index (χ4n) is 3.07. The molecule has 1 aliphatic rings. The van der Waals surface area contributed by atoms with E-state index < -0.39 is 0 Å². The number of rotatable bonds is 2. The Kier molecular flexibility index (Phi) is 3.19. The number of para-hydroxylation sites is 1. The first-order chi connectivity index (χ1) is 10.8. The van der Waals surface area contributed by atoms with Crippen LogP contribution in [-0.4, -0.2) is 11.6 Å². The maximum absolute atomic E-state index is 5.75. The van der Waals surface area contributed by atoms with Crippen molar-refractivity contribution >= 4 is 16.6 Å². The standard InChI is InChI=1S/C19H18N2O/c1-13-6-7-16-15(12-13)17(8-10-20-16)21-18-9-11-22-19-5-3-2-4-14(18)19/h2-8,10,12,18H,9,11H2,1H3,(H,20,21). The molecule has 0 saturated carbocycles. The van der Waals surface area contributed by atoms with Gasteiger partial charge in [0.1, 0.15) is 5.75 Å². The van der Waals surface area contributed by atoms with Crippen LogP contribution in [0, 0.1) is 6.92 Å². The Balaban J connectivity index is 1.74. The van der Waals surface area contributed by atoms with E-state index in [0.29, 0.717) is 0 Å². The Morgan fingerprint density at radius 3 is 3.00 bits per heavy atom.